The minimum absolute atomic E-state index is 0.227. The fourth-order valence-corrected chi connectivity index (χ4v) is 1.68. The van der Waals surface area contributed by atoms with Crippen molar-refractivity contribution in [2.24, 2.45) is 0 Å². The van der Waals surface area contributed by atoms with Gasteiger partial charge in [0.15, 0.2) is 11.5 Å². The number of nitrogens with one attached hydrogen (secondary N) is 1. The first-order valence-electron chi connectivity index (χ1n) is 5.45. The quantitative estimate of drug-likeness (QED) is 0.444. The molecule has 1 aromatic rings. The van der Waals surface area contributed by atoms with Crippen LogP contribution in [0.5, 0.6) is 11.5 Å². The first-order chi connectivity index (χ1) is 8.00. The molecule has 0 aromatic heterocycles. The number of hydrogen-bond acceptors (Lipinski definition) is 3. The van der Waals surface area contributed by atoms with Crippen LogP contribution in [0.2, 0.25) is 0 Å². The maximum absolute atomic E-state index is 11.6. The van der Waals surface area contributed by atoms with Gasteiger partial charge in [-0.3, -0.25) is 4.79 Å². The Balaban J connectivity index is 2.44. The topological polar surface area (TPSA) is 69.6 Å². The Kier molecular flexibility index (Phi) is 5.28. The van der Waals surface area contributed by atoms with Crippen LogP contribution >= 0.6 is 15.9 Å². The number of alkyl halides is 1. The molecule has 0 spiro atoms. The zero-order chi connectivity index (χ0) is 12.8. The van der Waals surface area contributed by atoms with E-state index in [0.29, 0.717) is 16.9 Å². The van der Waals surface area contributed by atoms with Gasteiger partial charge in [0, 0.05) is 16.9 Å². The zero-order valence-corrected chi connectivity index (χ0v) is 11.2. The number of phenolic OH excluding ortho intramolecular Hbond substituents is 2. The molecule has 1 aromatic carbocycles. The highest BCUT2D eigenvalue weighted by Gasteiger charge is 2.08. The third kappa shape index (κ3) is 4.65. The second kappa shape index (κ2) is 6.49. The van der Waals surface area contributed by atoms with E-state index in [2.05, 4.69) is 28.2 Å². The Labute approximate surface area is 109 Å². The summed E-state index contributed by atoms with van der Waals surface area (Å²) >= 11 is 3.43. The fraction of sp³-hybridized carbons (Fsp3) is 0.417. The Hall–Kier alpha value is -1.23. The molecule has 0 aliphatic carbocycles. The van der Waals surface area contributed by atoms with Crippen molar-refractivity contribution >= 4 is 21.8 Å². The molecule has 5 heteroatoms. The molecule has 3 N–H and O–H groups in total. The van der Waals surface area contributed by atoms with Crippen LogP contribution < -0.4 is 5.32 Å². The lowest BCUT2D eigenvalue weighted by Gasteiger charge is -2.07. The van der Waals surface area contributed by atoms with Crippen molar-refractivity contribution in [1.29, 1.82) is 0 Å². The van der Waals surface area contributed by atoms with Crippen LogP contribution in [0.3, 0.4) is 0 Å². The summed E-state index contributed by atoms with van der Waals surface area (Å²) in [6.45, 7) is 2.65. The van der Waals surface area contributed by atoms with E-state index in [1.165, 1.54) is 18.2 Å². The number of aromatic hydroxyl groups is 2. The molecular weight excluding hydrogens is 286 g/mol. The Bertz CT molecular complexity index is 393. The van der Waals surface area contributed by atoms with Crippen LogP contribution in [0.15, 0.2) is 18.2 Å². The molecule has 17 heavy (non-hydrogen) atoms. The molecule has 1 amide bonds. The fourth-order valence-electron chi connectivity index (χ4n) is 1.35. The van der Waals surface area contributed by atoms with Crippen molar-refractivity contribution in [2.75, 3.05) is 6.54 Å². The number of phenols is 2. The molecule has 1 unspecified atom stereocenters. The lowest BCUT2D eigenvalue weighted by atomic mass is 10.2. The van der Waals surface area contributed by atoms with Crippen molar-refractivity contribution in [3.05, 3.63) is 23.8 Å². The molecule has 0 saturated carbocycles. The van der Waals surface area contributed by atoms with Crippen LogP contribution in [-0.4, -0.2) is 27.5 Å². The summed E-state index contributed by atoms with van der Waals surface area (Å²) in [7, 11) is 0. The van der Waals surface area contributed by atoms with E-state index >= 15 is 0 Å². The monoisotopic (exact) mass is 301 g/mol. The average Bonchev–Trinajstić information content (AvgIpc) is 2.27. The summed E-state index contributed by atoms with van der Waals surface area (Å²) in [5.41, 5.74) is 0.340. The number of carbonyl (C=O) groups is 1. The summed E-state index contributed by atoms with van der Waals surface area (Å²) < 4.78 is 0. The number of amides is 1. The minimum Gasteiger partial charge on any atom is -0.504 e. The van der Waals surface area contributed by atoms with Gasteiger partial charge in [0.2, 0.25) is 0 Å². The highest BCUT2D eigenvalue weighted by molar-refractivity contribution is 9.09. The number of benzene rings is 1. The van der Waals surface area contributed by atoms with Crippen molar-refractivity contribution in [3.63, 3.8) is 0 Å². The van der Waals surface area contributed by atoms with Gasteiger partial charge < -0.3 is 15.5 Å². The summed E-state index contributed by atoms with van der Waals surface area (Å²) in [5.74, 6) is -0.760. The van der Waals surface area contributed by atoms with E-state index in [0.717, 1.165) is 12.8 Å². The first-order valence-corrected chi connectivity index (χ1v) is 6.36. The van der Waals surface area contributed by atoms with E-state index in [-0.39, 0.29) is 17.4 Å². The average molecular weight is 302 g/mol. The van der Waals surface area contributed by atoms with E-state index in [9.17, 15) is 9.90 Å². The minimum atomic E-state index is -0.285. The van der Waals surface area contributed by atoms with Crippen LogP contribution in [0.1, 0.15) is 30.1 Å². The molecule has 0 fully saturated rings. The van der Waals surface area contributed by atoms with Crippen molar-refractivity contribution in [1.82, 2.24) is 5.32 Å². The highest BCUT2D eigenvalue weighted by Crippen LogP contribution is 2.24. The summed E-state index contributed by atoms with van der Waals surface area (Å²) in [6, 6.07) is 4.01. The van der Waals surface area contributed by atoms with Gasteiger partial charge >= 0.3 is 0 Å². The molecule has 0 heterocycles. The van der Waals surface area contributed by atoms with E-state index in [1.807, 2.05) is 0 Å². The molecule has 1 atom stereocenters. The highest BCUT2D eigenvalue weighted by atomic mass is 79.9. The molecule has 0 bridgehead atoms. The third-order valence-electron chi connectivity index (χ3n) is 2.30. The van der Waals surface area contributed by atoms with E-state index in [1.54, 1.807) is 0 Å². The van der Waals surface area contributed by atoms with Gasteiger partial charge in [0.1, 0.15) is 0 Å². The molecule has 0 saturated heterocycles. The van der Waals surface area contributed by atoms with Gasteiger partial charge in [-0.05, 0) is 31.0 Å². The van der Waals surface area contributed by atoms with Crippen LogP contribution in [0.25, 0.3) is 0 Å². The van der Waals surface area contributed by atoms with Crippen LogP contribution in [0.4, 0.5) is 0 Å². The zero-order valence-electron chi connectivity index (χ0n) is 9.61. The molecule has 4 nitrogen and oxygen atoms in total. The predicted molar refractivity (Wildman–Crippen MR) is 69.7 cm³/mol. The maximum Gasteiger partial charge on any atom is 0.251 e. The van der Waals surface area contributed by atoms with Crippen molar-refractivity contribution < 1.29 is 15.0 Å². The SMILES string of the molecule is CC(Br)CCCNC(=O)c1ccc(O)c(O)c1. The standard InChI is InChI=1S/C12H16BrNO3/c1-8(13)3-2-6-14-12(17)9-4-5-10(15)11(16)7-9/h4-5,7-8,15-16H,2-3,6H2,1H3,(H,14,17). The van der Waals surface area contributed by atoms with Crippen molar-refractivity contribution in [2.45, 2.75) is 24.6 Å². The van der Waals surface area contributed by atoms with Gasteiger partial charge in [-0.1, -0.05) is 22.9 Å². The summed E-state index contributed by atoms with van der Waals surface area (Å²) in [5, 5.41) is 21.1. The smallest absolute Gasteiger partial charge is 0.251 e. The third-order valence-corrected chi connectivity index (χ3v) is 2.76. The molecule has 1 rings (SSSR count). The summed E-state index contributed by atoms with van der Waals surface area (Å²) in [6.07, 6.45) is 1.88. The van der Waals surface area contributed by atoms with Crippen LogP contribution in [0, 0.1) is 0 Å². The normalized spacial score (nSPS) is 12.1. The first kappa shape index (κ1) is 13.8. The van der Waals surface area contributed by atoms with Crippen molar-refractivity contribution in [3.8, 4) is 11.5 Å². The van der Waals surface area contributed by atoms with Gasteiger partial charge in [-0.2, -0.15) is 0 Å². The lowest BCUT2D eigenvalue weighted by Crippen LogP contribution is -2.24. The Morgan fingerprint density at radius 1 is 1.41 bits per heavy atom. The Morgan fingerprint density at radius 2 is 2.12 bits per heavy atom. The number of carbonyl (C=O) groups excluding carboxylic acids is 1. The van der Waals surface area contributed by atoms with E-state index in [4.69, 9.17) is 5.11 Å². The Morgan fingerprint density at radius 3 is 2.71 bits per heavy atom. The molecule has 0 aliphatic rings. The number of rotatable bonds is 5. The second-order valence-corrected chi connectivity index (χ2v) is 5.45. The van der Waals surface area contributed by atoms with Gasteiger partial charge in [0.05, 0.1) is 0 Å². The van der Waals surface area contributed by atoms with Gasteiger partial charge in [0.25, 0.3) is 5.91 Å². The van der Waals surface area contributed by atoms with Gasteiger partial charge in [-0.15, -0.1) is 0 Å². The predicted octanol–water partition coefficient (Wildman–Crippen LogP) is 2.39. The van der Waals surface area contributed by atoms with E-state index < -0.39 is 0 Å². The molecule has 0 radical (unpaired) electrons. The molecule has 94 valence electrons. The summed E-state index contributed by atoms with van der Waals surface area (Å²) in [4.78, 5) is 12.1. The molecular formula is C12H16BrNO3. The number of halogens is 1. The number of hydrogen-bond donors (Lipinski definition) is 3. The maximum atomic E-state index is 11.6. The van der Waals surface area contributed by atoms with Gasteiger partial charge in [-0.25, -0.2) is 0 Å². The molecule has 0 aliphatic heterocycles. The van der Waals surface area contributed by atoms with Crippen LogP contribution in [-0.2, 0) is 0 Å². The lowest BCUT2D eigenvalue weighted by molar-refractivity contribution is 0.0952. The second-order valence-electron chi connectivity index (χ2n) is 3.88. The largest absolute Gasteiger partial charge is 0.504 e.